The Kier molecular flexibility index (Phi) is 7.63. The lowest BCUT2D eigenvalue weighted by Crippen LogP contribution is -2.44. The molecule has 0 spiro atoms. The number of hydrogen-bond acceptors (Lipinski definition) is 4. The van der Waals surface area contributed by atoms with E-state index in [1.807, 2.05) is 30.3 Å². The van der Waals surface area contributed by atoms with E-state index in [-0.39, 0.29) is 24.7 Å². The van der Waals surface area contributed by atoms with Crippen molar-refractivity contribution in [2.75, 3.05) is 6.61 Å². The molecular formula is C18H29NO5Si. The van der Waals surface area contributed by atoms with E-state index in [4.69, 9.17) is 9.16 Å². The Hall–Kier alpha value is -1.86. The molecule has 2 N–H and O–H groups in total. The molecule has 0 radical (unpaired) electrons. The van der Waals surface area contributed by atoms with Crippen molar-refractivity contribution < 1.29 is 23.9 Å². The summed E-state index contributed by atoms with van der Waals surface area (Å²) in [5.74, 6) is -1.10. The first-order valence-electron chi connectivity index (χ1n) is 8.37. The second kappa shape index (κ2) is 9.01. The van der Waals surface area contributed by atoms with Crippen molar-refractivity contribution in [1.29, 1.82) is 0 Å². The van der Waals surface area contributed by atoms with Crippen molar-refractivity contribution in [2.45, 2.75) is 58.0 Å². The Morgan fingerprint density at radius 2 is 1.80 bits per heavy atom. The van der Waals surface area contributed by atoms with Gasteiger partial charge in [-0.05, 0) is 23.7 Å². The number of carboxylic acid groups (broad SMARTS) is 1. The normalized spacial score (nSPS) is 13.2. The smallest absolute Gasteiger partial charge is 0.408 e. The number of ether oxygens (including phenoxy) is 1. The predicted octanol–water partition coefficient (Wildman–Crippen LogP) is 3.78. The van der Waals surface area contributed by atoms with Gasteiger partial charge >= 0.3 is 12.1 Å². The summed E-state index contributed by atoms with van der Waals surface area (Å²) in [5.41, 5.74) is 0.839. The number of aliphatic carboxylic acids is 1. The molecule has 1 atom stereocenters. The Labute approximate surface area is 150 Å². The number of hydrogen-bond donors (Lipinski definition) is 2. The topological polar surface area (TPSA) is 84.9 Å². The van der Waals surface area contributed by atoms with Crippen LogP contribution in [0.4, 0.5) is 4.79 Å². The van der Waals surface area contributed by atoms with Crippen LogP contribution in [-0.4, -0.2) is 38.1 Å². The molecule has 0 aliphatic rings. The van der Waals surface area contributed by atoms with E-state index in [0.717, 1.165) is 5.56 Å². The van der Waals surface area contributed by atoms with Crippen molar-refractivity contribution in [3.05, 3.63) is 35.9 Å². The maximum atomic E-state index is 11.8. The molecule has 1 aromatic carbocycles. The number of carboxylic acids is 1. The van der Waals surface area contributed by atoms with Crippen LogP contribution in [0, 0.1) is 0 Å². The van der Waals surface area contributed by atoms with Gasteiger partial charge in [-0.25, -0.2) is 9.59 Å². The highest BCUT2D eigenvalue weighted by Crippen LogP contribution is 2.36. The van der Waals surface area contributed by atoms with Crippen molar-refractivity contribution in [2.24, 2.45) is 0 Å². The number of nitrogens with one attached hydrogen (secondary N) is 1. The van der Waals surface area contributed by atoms with Gasteiger partial charge in [0.15, 0.2) is 8.32 Å². The molecule has 0 fully saturated rings. The Morgan fingerprint density at radius 1 is 1.20 bits per heavy atom. The van der Waals surface area contributed by atoms with Gasteiger partial charge < -0.3 is 19.6 Å². The van der Waals surface area contributed by atoms with Crippen molar-refractivity contribution in [1.82, 2.24) is 5.32 Å². The highest BCUT2D eigenvalue weighted by atomic mass is 28.4. The number of alkyl carbamates (subject to hydrolysis) is 1. The summed E-state index contributed by atoms with van der Waals surface area (Å²) in [5, 5.41) is 11.7. The van der Waals surface area contributed by atoms with E-state index in [2.05, 4.69) is 39.2 Å². The van der Waals surface area contributed by atoms with Crippen LogP contribution in [0.2, 0.25) is 18.1 Å². The van der Waals surface area contributed by atoms with Crippen LogP contribution in [0.25, 0.3) is 0 Å². The van der Waals surface area contributed by atoms with Crippen LogP contribution in [0.3, 0.4) is 0 Å². The van der Waals surface area contributed by atoms with Gasteiger partial charge in [0.1, 0.15) is 12.6 Å². The maximum Gasteiger partial charge on any atom is 0.408 e. The first-order valence-corrected chi connectivity index (χ1v) is 11.3. The standard InChI is InChI=1S/C18H29NO5Si/c1-18(2,3)25(4,5)24-12-11-15(16(20)21)19-17(22)23-13-14-9-7-6-8-10-14/h6-10,15H,11-13H2,1-5H3,(H,19,22)(H,20,21)/t15-/m1/s1. The summed E-state index contributed by atoms with van der Waals surface area (Å²) < 4.78 is 11.0. The minimum atomic E-state index is -1.94. The first-order chi connectivity index (χ1) is 11.5. The number of carbonyl (C=O) groups excluding carboxylic acids is 1. The third-order valence-corrected chi connectivity index (χ3v) is 9.02. The van der Waals surface area contributed by atoms with Crippen molar-refractivity contribution in [3.63, 3.8) is 0 Å². The van der Waals surface area contributed by atoms with Gasteiger partial charge in [-0.15, -0.1) is 0 Å². The van der Waals surface area contributed by atoms with Gasteiger partial charge in [0.05, 0.1) is 0 Å². The molecule has 7 heteroatoms. The van der Waals surface area contributed by atoms with Crippen LogP contribution >= 0.6 is 0 Å². The summed E-state index contributed by atoms with van der Waals surface area (Å²) in [6, 6.07) is 8.17. The summed E-state index contributed by atoms with van der Waals surface area (Å²) >= 11 is 0. The summed E-state index contributed by atoms with van der Waals surface area (Å²) in [4.78, 5) is 23.2. The van der Waals surface area contributed by atoms with Crippen molar-refractivity contribution in [3.8, 4) is 0 Å². The van der Waals surface area contributed by atoms with E-state index >= 15 is 0 Å². The molecule has 6 nitrogen and oxygen atoms in total. The first kappa shape index (κ1) is 21.2. The zero-order valence-corrected chi connectivity index (χ0v) is 16.7. The van der Waals surface area contributed by atoms with Gasteiger partial charge in [-0.1, -0.05) is 51.1 Å². The van der Waals surface area contributed by atoms with E-state index in [1.54, 1.807) is 0 Å². The summed E-state index contributed by atoms with van der Waals surface area (Å²) in [6.45, 7) is 10.9. The molecule has 0 heterocycles. The van der Waals surface area contributed by atoms with Crippen LogP contribution in [0.1, 0.15) is 32.8 Å². The second-order valence-electron chi connectivity index (χ2n) is 7.49. The Bertz CT molecular complexity index is 569. The highest BCUT2D eigenvalue weighted by molar-refractivity contribution is 6.74. The number of benzene rings is 1. The molecule has 0 bridgehead atoms. The Balaban J connectivity index is 2.46. The van der Waals surface area contributed by atoms with Gasteiger partial charge in [-0.2, -0.15) is 0 Å². The lowest BCUT2D eigenvalue weighted by Gasteiger charge is -2.36. The Morgan fingerprint density at radius 3 is 2.32 bits per heavy atom. The van der Waals surface area contributed by atoms with Crippen molar-refractivity contribution >= 4 is 20.4 Å². The van der Waals surface area contributed by atoms with E-state index in [0.29, 0.717) is 0 Å². The molecule has 0 saturated carbocycles. The zero-order valence-electron chi connectivity index (χ0n) is 15.7. The molecule has 25 heavy (non-hydrogen) atoms. The number of rotatable bonds is 8. The van der Waals surface area contributed by atoms with Crippen LogP contribution in [-0.2, 0) is 20.6 Å². The van der Waals surface area contributed by atoms with Gasteiger partial charge in [0.25, 0.3) is 0 Å². The predicted molar refractivity (Wildman–Crippen MR) is 99.0 cm³/mol. The molecule has 140 valence electrons. The fourth-order valence-electron chi connectivity index (χ4n) is 1.81. The van der Waals surface area contributed by atoms with E-state index in [9.17, 15) is 14.7 Å². The molecule has 0 unspecified atom stereocenters. The monoisotopic (exact) mass is 367 g/mol. The quantitative estimate of drug-likeness (QED) is 0.683. The molecular weight excluding hydrogens is 338 g/mol. The molecule has 1 rings (SSSR count). The van der Waals surface area contributed by atoms with Crippen LogP contribution in [0.5, 0.6) is 0 Å². The minimum Gasteiger partial charge on any atom is -0.480 e. The number of amides is 1. The van der Waals surface area contributed by atoms with E-state index in [1.165, 1.54) is 0 Å². The lowest BCUT2D eigenvalue weighted by molar-refractivity contribution is -0.139. The fraction of sp³-hybridized carbons (Fsp3) is 0.556. The average molecular weight is 368 g/mol. The molecule has 0 aliphatic heterocycles. The average Bonchev–Trinajstić information content (AvgIpc) is 2.51. The van der Waals surface area contributed by atoms with E-state index < -0.39 is 26.4 Å². The third-order valence-electron chi connectivity index (χ3n) is 4.48. The lowest BCUT2D eigenvalue weighted by atomic mass is 10.2. The van der Waals surface area contributed by atoms with Gasteiger partial charge in [0.2, 0.25) is 0 Å². The molecule has 0 aromatic heterocycles. The fourth-order valence-corrected chi connectivity index (χ4v) is 2.87. The minimum absolute atomic E-state index is 0.0494. The zero-order chi connectivity index (χ0) is 19.1. The third kappa shape index (κ3) is 7.27. The largest absolute Gasteiger partial charge is 0.480 e. The SMILES string of the molecule is CC(C)(C)[Si](C)(C)OCC[C@@H](NC(=O)OCc1ccccc1)C(=O)O. The highest BCUT2D eigenvalue weighted by Gasteiger charge is 2.37. The molecule has 1 aromatic rings. The molecule has 0 saturated heterocycles. The molecule has 1 amide bonds. The number of carbonyl (C=O) groups is 2. The summed E-state index contributed by atoms with van der Waals surface area (Å²) in [7, 11) is -1.94. The van der Waals surface area contributed by atoms with Gasteiger partial charge in [-0.3, -0.25) is 0 Å². The van der Waals surface area contributed by atoms with Crippen LogP contribution in [0.15, 0.2) is 30.3 Å². The maximum absolute atomic E-state index is 11.8. The summed E-state index contributed by atoms with van der Waals surface area (Å²) in [6.07, 6.45) is -0.550. The van der Waals surface area contributed by atoms with Gasteiger partial charge in [0, 0.05) is 13.0 Å². The van der Waals surface area contributed by atoms with Crippen LogP contribution < -0.4 is 5.32 Å². The second-order valence-corrected chi connectivity index (χ2v) is 12.3. The molecule has 0 aliphatic carbocycles.